The van der Waals surface area contributed by atoms with Gasteiger partial charge in [0.25, 0.3) is 5.69 Å². The fourth-order valence-corrected chi connectivity index (χ4v) is 5.31. The number of hydrogen-bond donors (Lipinski definition) is 3. The molecule has 1 fully saturated rings. The minimum atomic E-state index is -1.48. The maximum absolute atomic E-state index is 12.0. The number of hydrogen-bond acceptors (Lipinski definition) is 8. The van der Waals surface area contributed by atoms with Crippen molar-refractivity contribution in [2.24, 2.45) is 0 Å². The highest BCUT2D eigenvalue weighted by molar-refractivity contribution is 5.73. The molecule has 0 bridgehead atoms. The lowest BCUT2D eigenvalue weighted by molar-refractivity contribution is -0.384. The van der Waals surface area contributed by atoms with Crippen molar-refractivity contribution in [3.63, 3.8) is 0 Å². The standard InChI is InChI=1S/C33H32N2O8/c1-22(36)34-29-31(38)30(37)28(43-32(29)42-27-19-17-26(18-20-27)35(39)40)21-41-33(23-11-5-2-6-12-23,24-13-7-3-8-14-24)25-15-9-4-10-16-25/h2-20,28-32,37-38H,21H2,1H3,(H,34,36)/t28?,29?,30-,31+,32-/m1/s1. The first kappa shape index (κ1) is 29.9. The van der Waals surface area contributed by atoms with Crippen molar-refractivity contribution in [3.8, 4) is 5.75 Å². The van der Waals surface area contributed by atoms with Gasteiger partial charge in [0.15, 0.2) is 0 Å². The van der Waals surface area contributed by atoms with E-state index >= 15 is 0 Å². The van der Waals surface area contributed by atoms with Crippen LogP contribution in [-0.2, 0) is 19.9 Å². The molecule has 1 heterocycles. The van der Waals surface area contributed by atoms with E-state index in [1.807, 2.05) is 91.0 Å². The van der Waals surface area contributed by atoms with Crippen LogP contribution in [0, 0.1) is 10.1 Å². The highest BCUT2D eigenvalue weighted by atomic mass is 16.7. The number of carbonyl (C=O) groups is 1. The van der Waals surface area contributed by atoms with Gasteiger partial charge in [0, 0.05) is 19.1 Å². The van der Waals surface area contributed by atoms with Gasteiger partial charge < -0.3 is 29.7 Å². The molecule has 10 heteroatoms. The highest BCUT2D eigenvalue weighted by Crippen LogP contribution is 2.41. The van der Waals surface area contributed by atoms with E-state index in [4.69, 9.17) is 14.2 Å². The first-order valence-corrected chi connectivity index (χ1v) is 13.8. The summed E-state index contributed by atoms with van der Waals surface area (Å²) in [6, 6.07) is 33.2. The number of nitro groups is 1. The molecule has 4 aromatic rings. The fraction of sp³-hybridized carbons (Fsp3) is 0.242. The van der Waals surface area contributed by atoms with Gasteiger partial charge in [-0.25, -0.2) is 0 Å². The van der Waals surface area contributed by atoms with E-state index in [-0.39, 0.29) is 18.0 Å². The quantitative estimate of drug-likeness (QED) is 0.145. The number of nitro benzene ring substituents is 1. The van der Waals surface area contributed by atoms with Crippen LogP contribution < -0.4 is 10.1 Å². The van der Waals surface area contributed by atoms with Gasteiger partial charge in [-0.15, -0.1) is 0 Å². The Hall–Kier alpha value is -4.61. The number of benzene rings is 4. The Morgan fingerprint density at radius 2 is 1.33 bits per heavy atom. The molecule has 1 aliphatic rings. The summed E-state index contributed by atoms with van der Waals surface area (Å²) in [5.74, 6) is -0.260. The maximum Gasteiger partial charge on any atom is 0.269 e. The second-order valence-electron chi connectivity index (χ2n) is 10.2. The summed E-state index contributed by atoms with van der Waals surface area (Å²) in [5, 5.41) is 36.0. The normalized spacial score (nSPS) is 22.0. The zero-order valence-corrected chi connectivity index (χ0v) is 23.4. The summed E-state index contributed by atoms with van der Waals surface area (Å²) in [7, 11) is 0. The van der Waals surface area contributed by atoms with Crippen molar-refractivity contribution in [3.05, 3.63) is 142 Å². The predicted molar refractivity (Wildman–Crippen MR) is 157 cm³/mol. The Labute approximate surface area is 248 Å². The minimum Gasteiger partial charge on any atom is -0.463 e. The number of amides is 1. The second kappa shape index (κ2) is 13.1. The third-order valence-corrected chi connectivity index (χ3v) is 7.38. The molecule has 0 radical (unpaired) electrons. The van der Waals surface area contributed by atoms with Crippen LogP contribution in [0.25, 0.3) is 0 Å². The zero-order valence-electron chi connectivity index (χ0n) is 23.4. The molecule has 10 nitrogen and oxygen atoms in total. The fourth-order valence-electron chi connectivity index (χ4n) is 5.31. The Morgan fingerprint density at radius 1 is 0.837 bits per heavy atom. The average molecular weight is 585 g/mol. The molecule has 0 spiro atoms. The second-order valence-corrected chi connectivity index (χ2v) is 10.2. The third kappa shape index (κ3) is 6.42. The monoisotopic (exact) mass is 584 g/mol. The Bertz CT molecular complexity index is 1410. The lowest BCUT2D eigenvalue weighted by atomic mass is 9.80. The van der Waals surface area contributed by atoms with E-state index < -0.39 is 47.1 Å². The van der Waals surface area contributed by atoms with E-state index in [0.717, 1.165) is 16.7 Å². The minimum absolute atomic E-state index is 0.129. The maximum atomic E-state index is 12.0. The third-order valence-electron chi connectivity index (χ3n) is 7.38. The molecule has 5 atom stereocenters. The molecule has 4 aromatic carbocycles. The van der Waals surface area contributed by atoms with Crippen molar-refractivity contribution in [1.82, 2.24) is 5.32 Å². The Morgan fingerprint density at radius 3 is 1.77 bits per heavy atom. The lowest BCUT2D eigenvalue weighted by Crippen LogP contribution is -2.65. The first-order valence-electron chi connectivity index (χ1n) is 13.8. The molecule has 3 N–H and O–H groups in total. The van der Waals surface area contributed by atoms with Crippen LogP contribution in [-0.4, -0.2) is 58.3 Å². The Kier molecular flexibility index (Phi) is 9.13. The zero-order chi connectivity index (χ0) is 30.4. The molecule has 0 aromatic heterocycles. The number of carbonyl (C=O) groups excluding carboxylic acids is 1. The van der Waals surface area contributed by atoms with Gasteiger partial charge >= 0.3 is 0 Å². The number of rotatable bonds is 10. The van der Waals surface area contributed by atoms with E-state index in [9.17, 15) is 25.1 Å². The van der Waals surface area contributed by atoms with Gasteiger partial charge in [0.05, 0.1) is 11.5 Å². The SMILES string of the molecule is CC(=O)NC1[C@H](Oc2ccc([N+](=O)[O-])cc2)OC(COC(c2ccccc2)(c2ccccc2)c2ccccc2)[C@@H](O)[C@H]1O. The molecule has 1 aliphatic heterocycles. The van der Waals surface area contributed by atoms with Crippen molar-refractivity contribution in [2.45, 2.75) is 43.2 Å². The van der Waals surface area contributed by atoms with E-state index in [1.165, 1.54) is 31.2 Å². The molecule has 2 unspecified atom stereocenters. The van der Waals surface area contributed by atoms with E-state index in [1.54, 1.807) is 0 Å². The summed E-state index contributed by atoms with van der Waals surface area (Å²) < 4.78 is 18.9. The number of non-ortho nitro benzene ring substituents is 1. The van der Waals surface area contributed by atoms with Crippen LogP contribution in [0.1, 0.15) is 23.6 Å². The highest BCUT2D eigenvalue weighted by Gasteiger charge is 2.48. The van der Waals surface area contributed by atoms with Gasteiger partial charge in [-0.05, 0) is 28.8 Å². The summed E-state index contributed by atoms with van der Waals surface area (Å²) in [6.07, 6.45) is -5.27. The lowest BCUT2D eigenvalue weighted by Gasteiger charge is -2.44. The van der Waals surface area contributed by atoms with Gasteiger partial charge in [-0.1, -0.05) is 91.0 Å². The molecule has 0 saturated carbocycles. The topological polar surface area (TPSA) is 140 Å². The predicted octanol–water partition coefficient (Wildman–Crippen LogP) is 3.93. The molecule has 0 aliphatic carbocycles. The Balaban J connectivity index is 1.49. The largest absolute Gasteiger partial charge is 0.463 e. The van der Waals surface area contributed by atoms with Gasteiger partial charge in [0.1, 0.15) is 35.7 Å². The van der Waals surface area contributed by atoms with Crippen molar-refractivity contribution >= 4 is 11.6 Å². The van der Waals surface area contributed by atoms with E-state index in [0.29, 0.717) is 0 Å². The molecule has 1 amide bonds. The average Bonchev–Trinajstić information content (AvgIpc) is 3.03. The number of aliphatic hydroxyl groups excluding tert-OH is 2. The van der Waals surface area contributed by atoms with Gasteiger partial charge in [0.2, 0.25) is 12.2 Å². The van der Waals surface area contributed by atoms with Crippen LogP contribution in [0.5, 0.6) is 5.75 Å². The summed E-state index contributed by atoms with van der Waals surface area (Å²) in [5.41, 5.74) is 1.28. The smallest absolute Gasteiger partial charge is 0.269 e. The first-order chi connectivity index (χ1) is 20.8. The van der Waals surface area contributed by atoms with Gasteiger partial charge in [-0.3, -0.25) is 14.9 Å². The molecular weight excluding hydrogens is 552 g/mol. The van der Waals surface area contributed by atoms with Crippen molar-refractivity contribution in [2.75, 3.05) is 6.61 Å². The van der Waals surface area contributed by atoms with Gasteiger partial charge in [-0.2, -0.15) is 0 Å². The van der Waals surface area contributed by atoms with Crippen LogP contribution in [0.15, 0.2) is 115 Å². The van der Waals surface area contributed by atoms with Crippen LogP contribution in [0.3, 0.4) is 0 Å². The van der Waals surface area contributed by atoms with Crippen molar-refractivity contribution in [1.29, 1.82) is 0 Å². The number of ether oxygens (including phenoxy) is 3. The summed E-state index contributed by atoms with van der Waals surface area (Å²) >= 11 is 0. The summed E-state index contributed by atoms with van der Waals surface area (Å²) in [6.45, 7) is 1.09. The molecule has 1 saturated heterocycles. The van der Waals surface area contributed by atoms with Crippen LogP contribution >= 0.6 is 0 Å². The number of aliphatic hydroxyl groups is 2. The van der Waals surface area contributed by atoms with E-state index in [2.05, 4.69) is 5.32 Å². The number of nitrogens with one attached hydrogen (secondary N) is 1. The van der Waals surface area contributed by atoms with Crippen LogP contribution in [0.2, 0.25) is 0 Å². The molecular formula is C33H32N2O8. The van der Waals surface area contributed by atoms with Crippen LogP contribution in [0.4, 0.5) is 5.69 Å². The molecule has 222 valence electrons. The summed E-state index contributed by atoms with van der Waals surface area (Å²) in [4.78, 5) is 22.5. The molecule has 43 heavy (non-hydrogen) atoms. The number of nitrogens with zero attached hydrogens (tertiary/aromatic N) is 1. The molecule has 5 rings (SSSR count). The van der Waals surface area contributed by atoms with Crippen molar-refractivity contribution < 1.29 is 34.1 Å².